The lowest BCUT2D eigenvalue weighted by Gasteiger charge is -2.17. The molecule has 0 aliphatic rings. The number of hydrogen-bond acceptors (Lipinski definition) is 4. The van der Waals surface area contributed by atoms with Crippen molar-refractivity contribution in [1.82, 2.24) is 10.2 Å². The second-order valence-electron chi connectivity index (χ2n) is 4.70. The highest BCUT2D eigenvalue weighted by atomic mass is 16.5. The van der Waals surface area contributed by atoms with E-state index < -0.39 is 0 Å². The van der Waals surface area contributed by atoms with Crippen LogP contribution in [0.5, 0.6) is 5.75 Å². The molecule has 0 radical (unpaired) electrons. The van der Waals surface area contributed by atoms with E-state index >= 15 is 0 Å². The molecule has 0 atom stereocenters. The molecule has 110 valence electrons. The average molecular weight is 275 g/mol. The number of nitrogens with zero attached hydrogens (tertiary/aromatic N) is 2. The van der Waals surface area contributed by atoms with Gasteiger partial charge in [0.1, 0.15) is 5.75 Å². The van der Waals surface area contributed by atoms with E-state index in [1.54, 1.807) is 13.2 Å². The number of ether oxygens (including phenoxy) is 1. The molecule has 0 heterocycles. The van der Waals surface area contributed by atoms with Gasteiger partial charge >= 0.3 is 0 Å². The molecule has 0 fully saturated rings. The van der Waals surface area contributed by atoms with Crippen LogP contribution in [0.25, 0.3) is 0 Å². The van der Waals surface area contributed by atoms with Gasteiger partial charge in [-0.15, -0.1) is 0 Å². The molecule has 0 aliphatic carbocycles. The van der Waals surface area contributed by atoms with Crippen molar-refractivity contribution in [2.45, 2.75) is 26.8 Å². The minimum atomic E-state index is 0.672. The van der Waals surface area contributed by atoms with Crippen LogP contribution in [0.2, 0.25) is 0 Å². The third-order valence-corrected chi connectivity index (χ3v) is 3.45. The number of hydrogen-bond donors (Lipinski definition) is 1. The maximum Gasteiger partial charge on any atom is 0.123 e. The van der Waals surface area contributed by atoms with Crippen molar-refractivity contribution in [1.29, 1.82) is 5.26 Å². The average Bonchev–Trinajstić information content (AvgIpc) is 2.50. The summed E-state index contributed by atoms with van der Waals surface area (Å²) in [5, 5.41) is 12.3. The van der Waals surface area contributed by atoms with Gasteiger partial charge in [-0.1, -0.05) is 13.8 Å². The van der Waals surface area contributed by atoms with Gasteiger partial charge in [0.15, 0.2) is 0 Å². The molecular formula is C16H25N3O. The maximum atomic E-state index is 8.93. The topological polar surface area (TPSA) is 48.3 Å². The molecule has 4 heteroatoms. The normalized spacial score (nSPS) is 10.6. The second kappa shape index (κ2) is 9.35. The van der Waals surface area contributed by atoms with Gasteiger partial charge < -0.3 is 15.0 Å². The fraction of sp³-hybridized carbons (Fsp3) is 0.562. The van der Waals surface area contributed by atoms with Crippen molar-refractivity contribution in [2.75, 3.05) is 33.3 Å². The Morgan fingerprint density at radius 3 is 2.65 bits per heavy atom. The minimum Gasteiger partial charge on any atom is -0.496 e. The van der Waals surface area contributed by atoms with E-state index in [4.69, 9.17) is 10.00 Å². The van der Waals surface area contributed by atoms with Crippen LogP contribution in [-0.4, -0.2) is 38.2 Å². The third kappa shape index (κ3) is 5.20. The summed E-state index contributed by atoms with van der Waals surface area (Å²) in [5.41, 5.74) is 1.71. The predicted octanol–water partition coefficient (Wildman–Crippen LogP) is 2.39. The zero-order valence-electron chi connectivity index (χ0n) is 12.8. The van der Waals surface area contributed by atoms with E-state index in [1.807, 2.05) is 12.1 Å². The Balaban J connectivity index is 2.40. The quantitative estimate of drug-likeness (QED) is 0.703. The van der Waals surface area contributed by atoms with Gasteiger partial charge in [-0.05, 0) is 50.8 Å². The van der Waals surface area contributed by atoms with E-state index in [0.29, 0.717) is 5.56 Å². The summed E-state index contributed by atoms with van der Waals surface area (Å²) in [7, 11) is 1.66. The molecule has 0 amide bonds. The third-order valence-electron chi connectivity index (χ3n) is 3.45. The molecule has 0 spiro atoms. The monoisotopic (exact) mass is 275 g/mol. The summed E-state index contributed by atoms with van der Waals surface area (Å²) in [6, 6.07) is 7.68. The molecule has 0 unspecified atom stereocenters. The van der Waals surface area contributed by atoms with Crippen LogP contribution in [0.4, 0.5) is 0 Å². The van der Waals surface area contributed by atoms with Gasteiger partial charge in [0.25, 0.3) is 0 Å². The Labute approximate surface area is 122 Å². The van der Waals surface area contributed by atoms with Gasteiger partial charge in [-0.25, -0.2) is 0 Å². The lowest BCUT2D eigenvalue weighted by molar-refractivity contribution is 0.298. The Bertz CT molecular complexity index is 436. The highest BCUT2D eigenvalue weighted by molar-refractivity contribution is 5.41. The number of rotatable bonds is 9. The molecule has 0 aromatic heterocycles. The summed E-state index contributed by atoms with van der Waals surface area (Å²) in [6.45, 7) is 9.41. The van der Waals surface area contributed by atoms with Crippen LogP contribution in [0.15, 0.2) is 18.2 Å². The molecule has 0 saturated heterocycles. The first-order valence-electron chi connectivity index (χ1n) is 7.25. The highest BCUT2D eigenvalue weighted by Gasteiger charge is 2.04. The molecule has 20 heavy (non-hydrogen) atoms. The molecule has 0 saturated carbocycles. The number of nitrogens with one attached hydrogen (secondary N) is 1. The highest BCUT2D eigenvalue weighted by Crippen LogP contribution is 2.19. The van der Waals surface area contributed by atoms with E-state index in [-0.39, 0.29) is 0 Å². The summed E-state index contributed by atoms with van der Waals surface area (Å²) in [6.07, 6.45) is 1.13. The molecule has 0 bridgehead atoms. The summed E-state index contributed by atoms with van der Waals surface area (Å²) in [4.78, 5) is 2.42. The second-order valence-corrected chi connectivity index (χ2v) is 4.70. The van der Waals surface area contributed by atoms with Crippen molar-refractivity contribution < 1.29 is 4.74 Å². The SMILES string of the molecule is CCN(CC)CCCNCc1cc(C#N)ccc1OC. The fourth-order valence-electron chi connectivity index (χ4n) is 2.18. The van der Waals surface area contributed by atoms with Crippen LogP contribution in [-0.2, 0) is 6.54 Å². The van der Waals surface area contributed by atoms with Crippen LogP contribution >= 0.6 is 0 Å². The van der Waals surface area contributed by atoms with Crippen LogP contribution in [0, 0.1) is 11.3 Å². The largest absolute Gasteiger partial charge is 0.496 e. The molecule has 1 aromatic rings. The Morgan fingerprint density at radius 2 is 2.05 bits per heavy atom. The minimum absolute atomic E-state index is 0.672. The van der Waals surface area contributed by atoms with Crippen molar-refractivity contribution in [3.63, 3.8) is 0 Å². The fourth-order valence-corrected chi connectivity index (χ4v) is 2.18. The Kier molecular flexibility index (Phi) is 7.71. The first-order chi connectivity index (χ1) is 9.74. The van der Waals surface area contributed by atoms with Gasteiger partial charge in [0.2, 0.25) is 0 Å². The van der Waals surface area contributed by atoms with Gasteiger partial charge in [-0.2, -0.15) is 5.26 Å². The zero-order chi connectivity index (χ0) is 14.8. The van der Waals surface area contributed by atoms with Crippen LogP contribution < -0.4 is 10.1 Å². The van der Waals surface area contributed by atoms with Gasteiger partial charge in [0, 0.05) is 12.1 Å². The number of benzene rings is 1. The number of nitriles is 1. The Morgan fingerprint density at radius 1 is 1.30 bits per heavy atom. The standard InChI is InChI=1S/C16H25N3O/c1-4-19(5-2)10-6-9-18-13-15-11-14(12-17)7-8-16(15)20-3/h7-8,11,18H,4-6,9-10,13H2,1-3H3. The summed E-state index contributed by atoms with van der Waals surface area (Å²) < 4.78 is 5.32. The van der Waals surface area contributed by atoms with Crippen molar-refractivity contribution in [3.05, 3.63) is 29.3 Å². The van der Waals surface area contributed by atoms with E-state index in [1.165, 1.54) is 0 Å². The zero-order valence-corrected chi connectivity index (χ0v) is 12.8. The molecule has 0 aliphatic heterocycles. The van der Waals surface area contributed by atoms with Crippen molar-refractivity contribution >= 4 is 0 Å². The molecule has 1 rings (SSSR count). The van der Waals surface area contributed by atoms with Crippen molar-refractivity contribution in [3.8, 4) is 11.8 Å². The summed E-state index contributed by atoms with van der Waals surface area (Å²) in [5.74, 6) is 0.834. The summed E-state index contributed by atoms with van der Waals surface area (Å²) >= 11 is 0. The first-order valence-corrected chi connectivity index (χ1v) is 7.25. The molecule has 1 aromatic carbocycles. The smallest absolute Gasteiger partial charge is 0.123 e. The van der Waals surface area contributed by atoms with Crippen LogP contribution in [0.3, 0.4) is 0 Å². The van der Waals surface area contributed by atoms with Crippen LogP contribution in [0.1, 0.15) is 31.4 Å². The van der Waals surface area contributed by atoms with Crippen molar-refractivity contribution in [2.24, 2.45) is 0 Å². The number of methoxy groups -OCH3 is 1. The molecule has 4 nitrogen and oxygen atoms in total. The lowest BCUT2D eigenvalue weighted by atomic mass is 10.1. The predicted molar refractivity (Wildman–Crippen MR) is 81.8 cm³/mol. The Hall–Kier alpha value is -1.57. The van der Waals surface area contributed by atoms with Gasteiger partial charge in [-0.3, -0.25) is 0 Å². The van der Waals surface area contributed by atoms with E-state index in [2.05, 4.69) is 30.1 Å². The lowest BCUT2D eigenvalue weighted by Crippen LogP contribution is -2.27. The first kappa shape index (κ1) is 16.5. The van der Waals surface area contributed by atoms with Gasteiger partial charge in [0.05, 0.1) is 18.7 Å². The molecular weight excluding hydrogens is 250 g/mol. The maximum absolute atomic E-state index is 8.93. The van der Waals surface area contributed by atoms with E-state index in [9.17, 15) is 0 Å². The molecule has 1 N–H and O–H groups in total. The van der Waals surface area contributed by atoms with E-state index in [0.717, 1.165) is 50.5 Å².